The molecule has 1 unspecified atom stereocenters. The Kier molecular flexibility index (Phi) is 2.94. The standard InChI is InChI=1S/C14H15N3O/c18-14-12-7-11(6-10-4-2-1-3-5-10)15-8-13(12)16-9-17-14/h1-5,9,11,15H,6-8H2,(H,16,17,18). The molecule has 2 aromatic rings. The molecule has 92 valence electrons. The topological polar surface area (TPSA) is 57.8 Å². The number of aromatic nitrogens is 2. The Morgan fingerprint density at radius 2 is 2.11 bits per heavy atom. The summed E-state index contributed by atoms with van der Waals surface area (Å²) >= 11 is 0. The van der Waals surface area contributed by atoms with Crippen molar-refractivity contribution in [3.05, 3.63) is 63.8 Å². The van der Waals surface area contributed by atoms with Gasteiger partial charge in [-0.2, -0.15) is 0 Å². The molecule has 0 saturated carbocycles. The minimum atomic E-state index is -0.000406. The molecule has 0 spiro atoms. The van der Waals surface area contributed by atoms with Crippen molar-refractivity contribution in [1.29, 1.82) is 0 Å². The Balaban J connectivity index is 1.79. The molecule has 4 nitrogen and oxygen atoms in total. The molecule has 0 amide bonds. The normalized spacial score (nSPS) is 18.3. The van der Waals surface area contributed by atoms with Crippen molar-refractivity contribution in [3.8, 4) is 0 Å². The van der Waals surface area contributed by atoms with Gasteiger partial charge in [0.25, 0.3) is 5.56 Å². The summed E-state index contributed by atoms with van der Waals surface area (Å²) in [7, 11) is 0. The van der Waals surface area contributed by atoms with Crippen LogP contribution in [0.5, 0.6) is 0 Å². The summed E-state index contributed by atoms with van der Waals surface area (Å²) in [6, 6.07) is 10.6. The van der Waals surface area contributed by atoms with Gasteiger partial charge in [-0.15, -0.1) is 0 Å². The van der Waals surface area contributed by atoms with Gasteiger partial charge in [-0.3, -0.25) is 4.79 Å². The predicted molar refractivity (Wildman–Crippen MR) is 69.3 cm³/mol. The van der Waals surface area contributed by atoms with Crippen LogP contribution in [0.2, 0.25) is 0 Å². The van der Waals surface area contributed by atoms with Crippen molar-refractivity contribution < 1.29 is 0 Å². The molecule has 4 heteroatoms. The van der Waals surface area contributed by atoms with Gasteiger partial charge in [-0.05, 0) is 18.4 Å². The summed E-state index contributed by atoms with van der Waals surface area (Å²) in [6.45, 7) is 0.677. The van der Waals surface area contributed by atoms with Crippen molar-refractivity contribution in [1.82, 2.24) is 15.3 Å². The zero-order valence-corrected chi connectivity index (χ0v) is 10.0. The molecule has 1 aromatic heterocycles. The van der Waals surface area contributed by atoms with Crippen LogP contribution in [0.3, 0.4) is 0 Å². The van der Waals surface area contributed by atoms with E-state index in [1.807, 2.05) is 18.2 Å². The molecule has 2 N–H and O–H groups in total. The zero-order valence-electron chi connectivity index (χ0n) is 10.0. The van der Waals surface area contributed by atoms with E-state index in [4.69, 9.17) is 0 Å². The summed E-state index contributed by atoms with van der Waals surface area (Å²) < 4.78 is 0. The van der Waals surface area contributed by atoms with Gasteiger partial charge in [0.2, 0.25) is 0 Å². The maximum Gasteiger partial charge on any atom is 0.254 e. The first-order valence-corrected chi connectivity index (χ1v) is 6.15. The summed E-state index contributed by atoms with van der Waals surface area (Å²) in [4.78, 5) is 18.6. The van der Waals surface area contributed by atoms with E-state index in [1.165, 1.54) is 11.9 Å². The van der Waals surface area contributed by atoms with E-state index < -0.39 is 0 Å². The van der Waals surface area contributed by atoms with Crippen molar-refractivity contribution in [2.75, 3.05) is 0 Å². The number of nitrogens with one attached hydrogen (secondary N) is 2. The highest BCUT2D eigenvalue weighted by Gasteiger charge is 2.21. The smallest absolute Gasteiger partial charge is 0.254 e. The first-order chi connectivity index (χ1) is 8.83. The molecule has 1 aliphatic rings. The van der Waals surface area contributed by atoms with Crippen LogP contribution < -0.4 is 10.9 Å². The van der Waals surface area contributed by atoms with Crippen LogP contribution in [0.25, 0.3) is 0 Å². The van der Waals surface area contributed by atoms with Crippen molar-refractivity contribution in [2.24, 2.45) is 0 Å². The Morgan fingerprint density at radius 3 is 2.94 bits per heavy atom. The SMILES string of the molecule is O=c1[nH]cnc2c1CC(Cc1ccccc1)NC2. The fourth-order valence-electron chi connectivity index (χ4n) is 2.43. The molecule has 1 aromatic carbocycles. The molecule has 0 fully saturated rings. The van der Waals surface area contributed by atoms with E-state index >= 15 is 0 Å². The van der Waals surface area contributed by atoms with Gasteiger partial charge in [0.1, 0.15) is 0 Å². The van der Waals surface area contributed by atoms with Crippen molar-refractivity contribution >= 4 is 0 Å². The Bertz CT molecular complexity index is 591. The molecular weight excluding hydrogens is 226 g/mol. The molecule has 1 atom stereocenters. The predicted octanol–water partition coefficient (Wildman–Crippen LogP) is 1.03. The van der Waals surface area contributed by atoms with E-state index in [2.05, 4.69) is 27.4 Å². The monoisotopic (exact) mass is 241 g/mol. The van der Waals surface area contributed by atoms with E-state index in [0.717, 1.165) is 24.1 Å². The van der Waals surface area contributed by atoms with Gasteiger partial charge < -0.3 is 10.3 Å². The van der Waals surface area contributed by atoms with Gasteiger partial charge in [0.05, 0.1) is 12.0 Å². The lowest BCUT2D eigenvalue weighted by Gasteiger charge is -2.24. The number of nitrogens with zero attached hydrogens (tertiary/aromatic N) is 1. The van der Waals surface area contributed by atoms with Gasteiger partial charge in [0.15, 0.2) is 0 Å². The quantitative estimate of drug-likeness (QED) is 0.825. The Labute approximate surface area is 105 Å². The van der Waals surface area contributed by atoms with Gasteiger partial charge in [-0.25, -0.2) is 4.98 Å². The summed E-state index contributed by atoms with van der Waals surface area (Å²) in [6.07, 6.45) is 3.16. The molecule has 0 saturated heterocycles. The fraction of sp³-hybridized carbons (Fsp3) is 0.286. The molecule has 2 heterocycles. The number of H-pyrrole nitrogens is 1. The second-order valence-corrected chi connectivity index (χ2v) is 4.63. The highest BCUT2D eigenvalue weighted by Crippen LogP contribution is 2.13. The summed E-state index contributed by atoms with van der Waals surface area (Å²) in [5.74, 6) is 0. The van der Waals surface area contributed by atoms with Crippen molar-refractivity contribution in [3.63, 3.8) is 0 Å². The maximum atomic E-state index is 11.7. The molecule has 0 radical (unpaired) electrons. The van der Waals surface area contributed by atoms with E-state index in [0.29, 0.717) is 12.6 Å². The van der Waals surface area contributed by atoms with Crippen LogP contribution in [-0.4, -0.2) is 16.0 Å². The van der Waals surface area contributed by atoms with Gasteiger partial charge in [0, 0.05) is 18.2 Å². The minimum absolute atomic E-state index is 0.000406. The number of rotatable bonds is 2. The highest BCUT2D eigenvalue weighted by molar-refractivity contribution is 5.23. The lowest BCUT2D eigenvalue weighted by atomic mass is 9.95. The maximum absolute atomic E-state index is 11.7. The first-order valence-electron chi connectivity index (χ1n) is 6.15. The molecule has 0 bridgehead atoms. The average molecular weight is 241 g/mol. The second kappa shape index (κ2) is 4.74. The van der Waals surface area contributed by atoms with Crippen LogP contribution in [-0.2, 0) is 19.4 Å². The van der Waals surface area contributed by atoms with Crippen LogP contribution in [0.4, 0.5) is 0 Å². The lowest BCUT2D eigenvalue weighted by molar-refractivity contribution is 0.466. The third-order valence-corrected chi connectivity index (χ3v) is 3.37. The van der Waals surface area contributed by atoms with Crippen LogP contribution >= 0.6 is 0 Å². The summed E-state index contributed by atoms with van der Waals surface area (Å²) in [5.41, 5.74) is 3.00. The lowest BCUT2D eigenvalue weighted by Crippen LogP contribution is -2.40. The number of benzene rings is 1. The highest BCUT2D eigenvalue weighted by atomic mass is 16.1. The first kappa shape index (κ1) is 11.2. The fourth-order valence-corrected chi connectivity index (χ4v) is 2.43. The Morgan fingerprint density at radius 1 is 1.28 bits per heavy atom. The number of hydrogen-bond acceptors (Lipinski definition) is 3. The largest absolute Gasteiger partial charge is 0.313 e. The Hall–Kier alpha value is -1.94. The third kappa shape index (κ3) is 2.19. The van der Waals surface area contributed by atoms with E-state index in [-0.39, 0.29) is 5.56 Å². The number of aromatic amines is 1. The number of fused-ring (bicyclic) bond motifs is 1. The average Bonchev–Trinajstić information content (AvgIpc) is 2.41. The summed E-state index contributed by atoms with van der Waals surface area (Å²) in [5, 5.41) is 3.44. The van der Waals surface area contributed by atoms with Crippen LogP contribution in [0.1, 0.15) is 16.8 Å². The molecule has 0 aliphatic carbocycles. The van der Waals surface area contributed by atoms with Gasteiger partial charge >= 0.3 is 0 Å². The molecule has 1 aliphatic heterocycles. The zero-order chi connectivity index (χ0) is 12.4. The number of hydrogen-bond donors (Lipinski definition) is 2. The minimum Gasteiger partial charge on any atom is -0.313 e. The molecular formula is C14H15N3O. The van der Waals surface area contributed by atoms with E-state index in [9.17, 15) is 4.79 Å². The molecule has 18 heavy (non-hydrogen) atoms. The van der Waals surface area contributed by atoms with Crippen LogP contribution in [0, 0.1) is 0 Å². The van der Waals surface area contributed by atoms with Crippen molar-refractivity contribution in [2.45, 2.75) is 25.4 Å². The van der Waals surface area contributed by atoms with Crippen LogP contribution in [0.15, 0.2) is 41.5 Å². The van der Waals surface area contributed by atoms with Gasteiger partial charge in [-0.1, -0.05) is 30.3 Å². The second-order valence-electron chi connectivity index (χ2n) is 4.63. The van der Waals surface area contributed by atoms with E-state index in [1.54, 1.807) is 0 Å². The molecule has 3 rings (SSSR count). The third-order valence-electron chi connectivity index (χ3n) is 3.37.